The van der Waals surface area contributed by atoms with Gasteiger partial charge in [0.25, 0.3) is 0 Å². The summed E-state index contributed by atoms with van der Waals surface area (Å²) in [6, 6.07) is 3.54. The fourth-order valence-electron chi connectivity index (χ4n) is 1.41. The monoisotopic (exact) mass is 257 g/mol. The van der Waals surface area contributed by atoms with Crippen LogP contribution in [0.5, 0.6) is 0 Å². The van der Waals surface area contributed by atoms with Gasteiger partial charge in [-0.3, -0.25) is 4.79 Å². The van der Waals surface area contributed by atoms with Crippen LogP contribution in [0.4, 0.5) is 0 Å². The zero-order valence-electron chi connectivity index (χ0n) is 8.07. The molecule has 0 aliphatic carbocycles. The van der Waals surface area contributed by atoms with Gasteiger partial charge in [-0.1, -0.05) is 19.9 Å². The molecule has 1 rings (SSSR count). The van der Waals surface area contributed by atoms with Crippen molar-refractivity contribution in [2.45, 2.75) is 19.8 Å². The summed E-state index contributed by atoms with van der Waals surface area (Å²) in [4.78, 5) is 15.1. The lowest BCUT2D eigenvalue weighted by Crippen LogP contribution is -2.18. The molecule has 0 saturated heterocycles. The molecule has 0 aromatic carbocycles. The second kappa shape index (κ2) is 4.55. The molecule has 0 aliphatic heterocycles. The SMILES string of the molecule is CC(C)C(C(=O)O)c1cccnc1Br. The Kier molecular flexibility index (Phi) is 3.63. The van der Waals surface area contributed by atoms with Crippen molar-refractivity contribution in [2.75, 3.05) is 0 Å². The highest BCUT2D eigenvalue weighted by Crippen LogP contribution is 2.29. The molecule has 0 saturated carbocycles. The van der Waals surface area contributed by atoms with Gasteiger partial charge in [0.05, 0.1) is 5.92 Å². The van der Waals surface area contributed by atoms with Gasteiger partial charge in [0.2, 0.25) is 0 Å². The van der Waals surface area contributed by atoms with Crippen LogP contribution in [0.1, 0.15) is 25.3 Å². The first-order chi connectivity index (χ1) is 6.54. The van der Waals surface area contributed by atoms with E-state index in [4.69, 9.17) is 5.11 Å². The second-order valence-corrected chi connectivity index (χ2v) is 4.19. The number of rotatable bonds is 3. The summed E-state index contributed by atoms with van der Waals surface area (Å²) in [5.74, 6) is -1.26. The summed E-state index contributed by atoms with van der Waals surface area (Å²) < 4.78 is 0.612. The van der Waals surface area contributed by atoms with Gasteiger partial charge in [-0.2, -0.15) is 0 Å². The van der Waals surface area contributed by atoms with E-state index in [0.717, 1.165) is 5.56 Å². The molecule has 1 aromatic rings. The summed E-state index contributed by atoms with van der Waals surface area (Å²) in [5.41, 5.74) is 0.731. The van der Waals surface area contributed by atoms with Gasteiger partial charge >= 0.3 is 5.97 Å². The molecule has 0 spiro atoms. The smallest absolute Gasteiger partial charge is 0.311 e. The second-order valence-electron chi connectivity index (χ2n) is 3.44. The maximum atomic E-state index is 11.0. The van der Waals surface area contributed by atoms with Gasteiger partial charge in [-0.15, -0.1) is 0 Å². The molecule has 1 atom stereocenters. The molecule has 0 aliphatic rings. The van der Waals surface area contributed by atoms with Crippen LogP contribution >= 0.6 is 15.9 Å². The Morgan fingerprint density at radius 2 is 2.21 bits per heavy atom. The highest BCUT2D eigenvalue weighted by Gasteiger charge is 2.25. The predicted octanol–water partition coefficient (Wildman–Crippen LogP) is 2.67. The van der Waals surface area contributed by atoms with Gasteiger partial charge in [-0.25, -0.2) is 4.98 Å². The number of aromatic nitrogens is 1. The highest BCUT2D eigenvalue weighted by atomic mass is 79.9. The Bertz CT molecular complexity index is 339. The maximum Gasteiger partial charge on any atom is 0.311 e. The van der Waals surface area contributed by atoms with Gasteiger partial charge in [-0.05, 0) is 33.5 Å². The lowest BCUT2D eigenvalue weighted by atomic mass is 9.90. The fourth-order valence-corrected chi connectivity index (χ4v) is 1.90. The molecule has 14 heavy (non-hydrogen) atoms. The molecule has 4 heteroatoms. The van der Waals surface area contributed by atoms with Crippen molar-refractivity contribution < 1.29 is 9.90 Å². The van der Waals surface area contributed by atoms with E-state index in [1.165, 1.54) is 0 Å². The van der Waals surface area contributed by atoms with E-state index in [1.54, 1.807) is 18.3 Å². The lowest BCUT2D eigenvalue weighted by Gasteiger charge is -2.17. The number of nitrogens with zero attached hydrogens (tertiary/aromatic N) is 1. The van der Waals surface area contributed by atoms with Crippen LogP contribution < -0.4 is 0 Å². The average molecular weight is 258 g/mol. The largest absolute Gasteiger partial charge is 0.481 e. The zero-order valence-corrected chi connectivity index (χ0v) is 9.65. The van der Waals surface area contributed by atoms with E-state index >= 15 is 0 Å². The standard InChI is InChI=1S/C10H12BrNO2/c1-6(2)8(10(13)14)7-4-3-5-12-9(7)11/h3-6,8H,1-2H3,(H,13,14). The van der Waals surface area contributed by atoms with Crippen molar-refractivity contribution in [3.8, 4) is 0 Å². The first-order valence-corrected chi connectivity index (χ1v) is 5.16. The third-order valence-corrected chi connectivity index (χ3v) is 2.72. The van der Waals surface area contributed by atoms with E-state index in [0.29, 0.717) is 4.60 Å². The quantitative estimate of drug-likeness (QED) is 0.848. The lowest BCUT2D eigenvalue weighted by molar-refractivity contribution is -0.139. The maximum absolute atomic E-state index is 11.0. The number of hydrogen-bond donors (Lipinski definition) is 1. The Hall–Kier alpha value is -0.900. The zero-order chi connectivity index (χ0) is 10.7. The van der Waals surface area contributed by atoms with Crippen LogP contribution in [0.25, 0.3) is 0 Å². The highest BCUT2D eigenvalue weighted by molar-refractivity contribution is 9.10. The normalized spacial score (nSPS) is 12.9. The van der Waals surface area contributed by atoms with Crippen LogP contribution in [-0.4, -0.2) is 16.1 Å². The Morgan fingerprint density at radius 3 is 2.64 bits per heavy atom. The summed E-state index contributed by atoms with van der Waals surface area (Å²) in [5, 5.41) is 9.07. The minimum Gasteiger partial charge on any atom is -0.481 e. The first kappa shape index (κ1) is 11.2. The molecule has 1 unspecified atom stereocenters. The third-order valence-electron chi connectivity index (χ3n) is 2.06. The summed E-state index contributed by atoms with van der Waals surface area (Å²) in [6.07, 6.45) is 1.63. The molecule has 1 aromatic heterocycles. The molecule has 0 bridgehead atoms. The van der Waals surface area contributed by atoms with Crippen molar-refractivity contribution in [2.24, 2.45) is 5.92 Å². The van der Waals surface area contributed by atoms with Crippen LogP contribution in [0.15, 0.2) is 22.9 Å². The number of carbonyl (C=O) groups is 1. The van der Waals surface area contributed by atoms with E-state index in [2.05, 4.69) is 20.9 Å². The fraction of sp³-hybridized carbons (Fsp3) is 0.400. The summed E-state index contributed by atoms with van der Waals surface area (Å²) >= 11 is 3.26. The number of halogens is 1. The molecular weight excluding hydrogens is 246 g/mol. The number of aliphatic carboxylic acids is 1. The molecule has 1 N–H and O–H groups in total. The van der Waals surface area contributed by atoms with Gasteiger partial charge in [0.1, 0.15) is 4.60 Å². The van der Waals surface area contributed by atoms with Crippen molar-refractivity contribution >= 4 is 21.9 Å². The minimum atomic E-state index is -0.811. The Labute approximate surface area is 91.3 Å². The summed E-state index contributed by atoms with van der Waals surface area (Å²) in [7, 11) is 0. The molecule has 0 radical (unpaired) electrons. The van der Waals surface area contributed by atoms with Crippen LogP contribution in [0.2, 0.25) is 0 Å². The van der Waals surface area contributed by atoms with Gasteiger partial charge in [0.15, 0.2) is 0 Å². The number of carboxylic acid groups (broad SMARTS) is 1. The average Bonchev–Trinajstić information content (AvgIpc) is 2.07. The van der Waals surface area contributed by atoms with Crippen LogP contribution in [0, 0.1) is 5.92 Å². The van der Waals surface area contributed by atoms with Crippen molar-refractivity contribution in [1.82, 2.24) is 4.98 Å². The van der Waals surface area contributed by atoms with E-state index in [1.807, 2.05) is 13.8 Å². The molecule has 1 heterocycles. The number of pyridine rings is 1. The number of carboxylic acids is 1. The van der Waals surface area contributed by atoms with E-state index in [9.17, 15) is 4.79 Å². The topological polar surface area (TPSA) is 50.2 Å². The van der Waals surface area contributed by atoms with Gasteiger partial charge < -0.3 is 5.11 Å². The Morgan fingerprint density at radius 1 is 1.57 bits per heavy atom. The number of hydrogen-bond acceptors (Lipinski definition) is 2. The molecule has 76 valence electrons. The first-order valence-electron chi connectivity index (χ1n) is 4.37. The predicted molar refractivity (Wildman–Crippen MR) is 57.2 cm³/mol. The van der Waals surface area contributed by atoms with Crippen LogP contribution in [0.3, 0.4) is 0 Å². The minimum absolute atomic E-state index is 0.0491. The molecular formula is C10H12BrNO2. The van der Waals surface area contributed by atoms with Crippen molar-refractivity contribution in [3.05, 3.63) is 28.5 Å². The van der Waals surface area contributed by atoms with Crippen LogP contribution in [-0.2, 0) is 4.79 Å². The Balaban J connectivity index is 3.12. The molecule has 0 amide bonds. The summed E-state index contributed by atoms with van der Waals surface area (Å²) in [6.45, 7) is 3.77. The molecule has 3 nitrogen and oxygen atoms in total. The van der Waals surface area contributed by atoms with Gasteiger partial charge in [0, 0.05) is 6.20 Å². The molecule has 0 fully saturated rings. The van der Waals surface area contributed by atoms with E-state index < -0.39 is 11.9 Å². The van der Waals surface area contributed by atoms with Crippen molar-refractivity contribution in [1.29, 1.82) is 0 Å². The van der Waals surface area contributed by atoms with E-state index in [-0.39, 0.29) is 5.92 Å². The third kappa shape index (κ3) is 2.32. The van der Waals surface area contributed by atoms with Crippen molar-refractivity contribution in [3.63, 3.8) is 0 Å².